The van der Waals surface area contributed by atoms with Crippen LogP contribution < -0.4 is 9.47 Å². The normalized spacial score (nSPS) is 15.4. The minimum atomic E-state index is -0.283. The lowest BCUT2D eigenvalue weighted by molar-refractivity contribution is 0.171. The smallest absolute Gasteiger partial charge is 0.162 e. The van der Waals surface area contributed by atoms with Crippen molar-refractivity contribution in [1.82, 2.24) is 0 Å². The second kappa shape index (κ2) is 4.86. The number of fused-ring (bicyclic) bond motifs is 1. The molecule has 3 rings (SSSR count). The van der Waals surface area contributed by atoms with E-state index < -0.39 is 0 Å². The summed E-state index contributed by atoms with van der Waals surface area (Å²) in [6.07, 6.45) is 3.25. The van der Waals surface area contributed by atoms with Gasteiger partial charge in [0.1, 0.15) is 13.2 Å². The fourth-order valence-electron chi connectivity index (χ4n) is 1.87. The van der Waals surface area contributed by atoms with Crippen LogP contribution in [-0.2, 0) is 0 Å². The fraction of sp³-hybridized carbons (Fsp3) is 0.231. The summed E-state index contributed by atoms with van der Waals surface area (Å²) in [5.74, 6) is 1.47. The topological polar surface area (TPSA) is 31.6 Å². The molecule has 2 aromatic rings. The van der Waals surface area contributed by atoms with Crippen molar-refractivity contribution in [2.75, 3.05) is 13.2 Å². The third-order valence-corrected chi connectivity index (χ3v) is 3.94. The molecule has 1 aliphatic rings. The van der Waals surface area contributed by atoms with Gasteiger partial charge in [-0.3, -0.25) is 0 Å². The molecule has 0 bridgehead atoms. The zero-order valence-corrected chi connectivity index (χ0v) is 11.7. The molecule has 1 atom stereocenters. The summed E-state index contributed by atoms with van der Waals surface area (Å²) < 4.78 is 17.0. The van der Waals surface area contributed by atoms with Gasteiger partial charge in [-0.15, -0.1) is 11.6 Å². The van der Waals surface area contributed by atoms with Gasteiger partial charge < -0.3 is 13.9 Å². The lowest BCUT2D eigenvalue weighted by atomic mass is 10.1. The SMILES string of the molecule is ClC(c1ccoc1)c1cc2c(cc1Br)OCCO2. The van der Waals surface area contributed by atoms with Gasteiger partial charge in [0, 0.05) is 10.0 Å². The zero-order chi connectivity index (χ0) is 12.5. The van der Waals surface area contributed by atoms with Gasteiger partial charge >= 0.3 is 0 Å². The number of hydrogen-bond donors (Lipinski definition) is 0. The van der Waals surface area contributed by atoms with Crippen molar-refractivity contribution in [3.8, 4) is 11.5 Å². The monoisotopic (exact) mass is 328 g/mol. The largest absolute Gasteiger partial charge is 0.486 e. The van der Waals surface area contributed by atoms with Crippen molar-refractivity contribution >= 4 is 27.5 Å². The first-order valence-electron chi connectivity index (χ1n) is 5.51. The van der Waals surface area contributed by atoms with Crippen molar-refractivity contribution in [1.29, 1.82) is 0 Å². The predicted molar refractivity (Wildman–Crippen MR) is 71.5 cm³/mol. The molecule has 1 aliphatic heterocycles. The first-order valence-corrected chi connectivity index (χ1v) is 6.74. The number of hydrogen-bond acceptors (Lipinski definition) is 3. The summed E-state index contributed by atoms with van der Waals surface area (Å²) in [7, 11) is 0. The molecule has 0 radical (unpaired) electrons. The number of benzene rings is 1. The molecule has 0 aliphatic carbocycles. The fourth-order valence-corrected chi connectivity index (χ4v) is 2.86. The van der Waals surface area contributed by atoms with Crippen LogP contribution in [0, 0.1) is 0 Å². The van der Waals surface area contributed by atoms with Crippen LogP contribution in [0.2, 0.25) is 0 Å². The molecule has 18 heavy (non-hydrogen) atoms. The highest BCUT2D eigenvalue weighted by molar-refractivity contribution is 9.10. The van der Waals surface area contributed by atoms with Crippen LogP contribution in [0.1, 0.15) is 16.5 Å². The van der Waals surface area contributed by atoms with E-state index >= 15 is 0 Å². The van der Waals surface area contributed by atoms with Crippen LogP contribution in [0.25, 0.3) is 0 Å². The average Bonchev–Trinajstić information content (AvgIpc) is 2.91. The Bertz CT molecular complexity index is 554. The molecular formula is C13H10BrClO3. The van der Waals surface area contributed by atoms with Crippen LogP contribution >= 0.6 is 27.5 Å². The molecule has 2 heterocycles. The number of furan rings is 1. The molecule has 0 N–H and O–H groups in total. The standard InChI is InChI=1S/C13H10BrClO3/c14-10-6-12-11(17-3-4-18-12)5-9(10)13(15)8-1-2-16-7-8/h1-2,5-7,13H,3-4H2. The molecule has 1 unspecified atom stereocenters. The predicted octanol–water partition coefficient (Wildman–Crippen LogP) is 4.14. The Labute approximate surface area is 118 Å². The molecule has 5 heteroatoms. The highest BCUT2D eigenvalue weighted by Crippen LogP contribution is 2.41. The Kier molecular flexibility index (Phi) is 3.22. The van der Waals surface area contributed by atoms with Crippen LogP contribution in [0.3, 0.4) is 0 Å². The molecule has 3 nitrogen and oxygen atoms in total. The quantitative estimate of drug-likeness (QED) is 0.776. The van der Waals surface area contributed by atoms with E-state index in [0.29, 0.717) is 13.2 Å². The first kappa shape index (κ1) is 11.9. The lowest BCUT2D eigenvalue weighted by Crippen LogP contribution is -2.15. The minimum Gasteiger partial charge on any atom is -0.486 e. The Hall–Kier alpha value is -1.13. The molecular weight excluding hydrogens is 319 g/mol. The summed E-state index contributed by atoms with van der Waals surface area (Å²) in [4.78, 5) is 0. The average molecular weight is 330 g/mol. The summed E-state index contributed by atoms with van der Waals surface area (Å²) in [5, 5.41) is -0.283. The van der Waals surface area contributed by atoms with Crippen molar-refractivity contribution in [3.05, 3.63) is 46.3 Å². The minimum absolute atomic E-state index is 0.283. The van der Waals surface area contributed by atoms with E-state index in [1.807, 2.05) is 18.2 Å². The maximum absolute atomic E-state index is 6.43. The van der Waals surface area contributed by atoms with Crippen LogP contribution in [0.5, 0.6) is 11.5 Å². The molecule has 94 valence electrons. The van der Waals surface area contributed by atoms with Crippen molar-refractivity contribution in [2.24, 2.45) is 0 Å². The van der Waals surface area contributed by atoms with Crippen LogP contribution in [-0.4, -0.2) is 13.2 Å². The van der Waals surface area contributed by atoms with E-state index in [1.54, 1.807) is 12.5 Å². The zero-order valence-electron chi connectivity index (χ0n) is 9.36. The molecule has 1 aromatic carbocycles. The maximum Gasteiger partial charge on any atom is 0.162 e. The summed E-state index contributed by atoms with van der Waals surface area (Å²) in [6.45, 7) is 1.14. The highest BCUT2D eigenvalue weighted by Gasteiger charge is 2.20. The second-order valence-electron chi connectivity index (χ2n) is 3.94. The number of ether oxygens (including phenoxy) is 2. The van der Waals surface area contributed by atoms with Gasteiger partial charge in [0.15, 0.2) is 11.5 Å². The Morgan fingerprint density at radius 3 is 2.56 bits per heavy atom. The second-order valence-corrected chi connectivity index (χ2v) is 5.23. The third kappa shape index (κ3) is 2.10. The van der Waals surface area contributed by atoms with Crippen LogP contribution in [0.4, 0.5) is 0 Å². The Morgan fingerprint density at radius 1 is 1.17 bits per heavy atom. The van der Waals surface area contributed by atoms with Gasteiger partial charge in [-0.2, -0.15) is 0 Å². The van der Waals surface area contributed by atoms with E-state index in [-0.39, 0.29) is 5.38 Å². The van der Waals surface area contributed by atoms with Gasteiger partial charge in [0.05, 0.1) is 17.9 Å². The Balaban J connectivity index is 2.01. The number of halogens is 2. The molecule has 0 saturated heterocycles. The molecule has 0 amide bonds. The summed E-state index contributed by atoms with van der Waals surface area (Å²) in [5.41, 5.74) is 1.84. The van der Waals surface area contributed by atoms with Gasteiger partial charge in [-0.05, 0) is 23.8 Å². The summed E-state index contributed by atoms with van der Waals surface area (Å²) in [6, 6.07) is 5.64. The van der Waals surface area contributed by atoms with E-state index in [9.17, 15) is 0 Å². The molecule has 0 fully saturated rings. The molecule has 0 saturated carbocycles. The summed E-state index contributed by atoms with van der Waals surface area (Å²) >= 11 is 9.95. The Morgan fingerprint density at radius 2 is 1.89 bits per heavy atom. The van der Waals surface area contributed by atoms with Gasteiger partial charge in [-0.1, -0.05) is 15.9 Å². The van der Waals surface area contributed by atoms with Crippen molar-refractivity contribution < 1.29 is 13.9 Å². The highest BCUT2D eigenvalue weighted by atomic mass is 79.9. The first-order chi connectivity index (χ1) is 8.75. The van der Waals surface area contributed by atoms with Crippen molar-refractivity contribution in [2.45, 2.75) is 5.38 Å². The lowest BCUT2D eigenvalue weighted by Gasteiger charge is -2.21. The van der Waals surface area contributed by atoms with E-state index in [2.05, 4.69) is 15.9 Å². The van der Waals surface area contributed by atoms with E-state index in [4.69, 9.17) is 25.5 Å². The van der Waals surface area contributed by atoms with Crippen LogP contribution in [0.15, 0.2) is 39.6 Å². The van der Waals surface area contributed by atoms with Crippen molar-refractivity contribution in [3.63, 3.8) is 0 Å². The van der Waals surface area contributed by atoms with Gasteiger partial charge in [0.25, 0.3) is 0 Å². The molecule has 0 spiro atoms. The van der Waals surface area contributed by atoms with E-state index in [0.717, 1.165) is 27.1 Å². The molecule has 1 aromatic heterocycles. The third-order valence-electron chi connectivity index (χ3n) is 2.77. The number of alkyl halides is 1. The van der Waals surface area contributed by atoms with Gasteiger partial charge in [0.2, 0.25) is 0 Å². The maximum atomic E-state index is 6.43. The number of rotatable bonds is 2. The van der Waals surface area contributed by atoms with E-state index in [1.165, 1.54) is 0 Å². The van der Waals surface area contributed by atoms with Gasteiger partial charge in [-0.25, -0.2) is 0 Å².